The van der Waals surface area contributed by atoms with E-state index in [1.807, 2.05) is 24.3 Å². The first kappa shape index (κ1) is 15.9. The SMILES string of the molecule is COc1ccccc1-c1noc([C@H]2CCCN(S(C)(=O)=O)C2)n1. The van der Waals surface area contributed by atoms with Crippen LogP contribution < -0.4 is 4.74 Å². The fourth-order valence-corrected chi connectivity index (χ4v) is 3.70. The molecule has 1 aromatic heterocycles. The summed E-state index contributed by atoms with van der Waals surface area (Å²) in [4.78, 5) is 4.45. The van der Waals surface area contributed by atoms with Crippen LogP contribution in [0, 0.1) is 0 Å². The molecule has 0 spiro atoms. The van der Waals surface area contributed by atoms with Crippen LogP contribution in [-0.4, -0.2) is 49.3 Å². The molecule has 0 aliphatic carbocycles. The summed E-state index contributed by atoms with van der Waals surface area (Å²) < 4.78 is 35.6. The van der Waals surface area contributed by atoms with Crippen molar-refractivity contribution < 1.29 is 17.7 Å². The molecule has 1 atom stereocenters. The Balaban J connectivity index is 1.84. The summed E-state index contributed by atoms with van der Waals surface area (Å²) >= 11 is 0. The van der Waals surface area contributed by atoms with Gasteiger partial charge in [0.2, 0.25) is 21.7 Å². The van der Waals surface area contributed by atoms with Gasteiger partial charge in [-0.25, -0.2) is 12.7 Å². The molecule has 8 heteroatoms. The molecule has 3 rings (SSSR count). The lowest BCUT2D eigenvalue weighted by Gasteiger charge is -2.28. The first-order valence-electron chi connectivity index (χ1n) is 7.41. The lowest BCUT2D eigenvalue weighted by Crippen LogP contribution is -2.38. The van der Waals surface area contributed by atoms with Crippen molar-refractivity contribution in [3.63, 3.8) is 0 Å². The van der Waals surface area contributed by atoms with Crippen LogP contribution in [-0.2, 0) is 10.0 Å². The third-order valence-electron chi connectivity index (χ3n) is 3.99. The number of piperidine rings is 1. The molecule has 1 fully saturated rings. The molecule has 1 aromatic carbocycles. The van der Waals surface area contributed by atoms with Gasteiger partial charge >= 0.3 is 0 Å². The second kappa shape index (κ2) is 6.29. The number of nitrogens with zero attached hydrogens (tertiary/aromatic N) is 3. The Bertz CT molecular complexity index is 788. The molecule has 7 nitrogen and oxygen atoms in total. The highest BCUT2D eigenvalue weighted by atomic mass is 32.2. The topological polar surface area (TPSA) is 85.5 Å². The Morgan fingerprint density at radius 1 is 1.35 bits per heavy atom. The minimum Gasteiger partial charge on any atom is -0.496 e. The van der Waals surface area contributed by atoms with E-state index in [1.54, 1.807) is 7.11 Å². The van der Waals surface area contributed by atoms with E-state index in [0.717, 1.165) is 18.4 Å². The van der Waals surface area contributed by atoms with Gasteiger partial charge in [-0.05, 0) is 25.0 Å². The number of para-hydroxylation sites is 1. The molecule has 0 saturated carbocycles. The van der Waals surface area contributed by atoms with Gasteiger partial charge in [0.1, 0.15) is 5.75 Å². The predicted octanol–water partition coefficient (Wildman–Crippen LogP) is 1.88. The summed E-state index contributed by atoms with van der Waals surface area (Å²) in [7, 11) is -1.61. The lowest BCUT2D eigenvalue weighted by atomic mass is 10.00. The largest absolute Gasteiger partial charge is 0.496 e. The normalized spacial score (nSPS) is 19.7. The number of benzene rings is 1. The zero-order valence-corrected chi connectivity index (χ0v) is 13.9. The monoisotopic (exact) mass is 337 g/mol. The number of ether oxygens (including phenoxy) is 1. The van der Waals surface area contributed by atoms with Crippen LogP contribution in [0.3, 0.4) is 0 Å². The second-order valence-corrected chi connectivity index (χ2v) is 7.60. The Morgan fingerprint density at radius 3 is 2.87 bits per heavy atom. The van der Waals surface area contributed by atoms with Crippen LogP contribution in [0.15, 0.2) is 28.8 Å². The smallest absolute Gasteiger partial charge is 0.231 e. The van der Waals surface area contributed by atoms with Crippen molar-refractivity contribution in [3.05, 3.63) is 30.2 Å². The molecule has 0 amide bonds. The van der Waals surface area contributed by atoms with Gasteiger partial charge < -0.3 is 9.26 Å². The average Bonchev–Trinajstić information content (AvgIpc) is 3.04. The Kier molecular flexibility index (Phi) is 4.36. The third-order valence-corrected chi connectivity index (χ3v) is 5.26. The molecule has 0 radical (unpaired) electrons. The first-order valence-corrected chi connectivity index (χ1v) is 9.26. The molecule has 0 bridgehead atoms. The number of rotatable bonds is 4. The molecule has 0 N–H and O–H groups in total. The summed E-state index contributed by atoms with van der Waals surface area (Å²) in [5.74, 6) is 1.52. The van der Waals surface area contributed by atoms with E-state index in [-0.39, 0.29) is 5.92 Å². The number of hydrogen-bond acceptors (Lipinski definition) is 6. The minimum absolute atomic E-state index is 0.0746. The van der Waals surface area contributed by atoms with Crippen molar-refractivity contribution in [2.45, 2.75) is 18.8 Å². The molecule has 1 aliphatic heterocycles. The fraction of sp³-hybridized carbons (Fsp3) is 0.467. The van der Waals surface area contributed by atoms with Crippen molar-refractivity contribution in [3.8, 4) is 17.1 Å². The molecular formula is C15H19N3O4S. The van der Waals surface area contributed by atoms with Crippen LogP contribution >= 0.6 is 0 Å². The third kappa shape index (κ3) is 3.37. The van der Waals surface area contributed by atoms with Crippen LogP contribution in [0.5, 0.6) is 5.75 Å². The van der Waals surface area contributed by atoms with E-state index in [2.05, 4.69) is 10.1 Å². The van der Waals surface area contributed by atoms with Gasteiger partial charge in [0, 0.05) is 13.1 Å². The second-order valence-electron chi connectivity index (χ2n) is 5.62. The standard InChI is InChI=1S/C15H19N3O4S/c1-21-13-8-4-3-7-12(13)14-16-15(22-17-14)11-6-5-9-18(10-11)23(2,19)20/h3-4,7-8,11H,5-6,9-10H2,1-2H3/t11-/m0/s1. The van der Waals surface area contributed by atoms with E-state index < -0.39 is 10.0 Å². The Hall–Kier alpha value is -1.93. The molecule has 1 aliphatic rings. The van der Waals surface area contributed by atoms with Crippen molar-refractivity contribution in [2.75, 3.05) is 26.5 Å². The van der Waals surface area contributed by atoms with Crippen LogP contribution in [0.1, 0.15) is 24.7 Å². The molecule has 1 saturated heterocycles. The number of methoxy groups -OCH3 is 1. The maximum Gasteiger partial charge on any atom is 0.231 e. The van der Waals surface area contributed by atoms with Crippen molar-refractivity contribution in [1.29, 1.82) is 0 Å². The number of aromatic nitrogens is 2. The van der Waals surface area contributed by atoms with Gasteiger partial charge in [-0.15, -0.1) is 0 Å². The maximum absolute atomic E-state index is 11.7. The highest BCUT2D eigenvalue weighted by molar-refractivity contribution is 7.88. The molecule has 2 heterocycles. The van der Waals surface area contributed by atoms with Gasteiger partial charge in [0.15, 0.2) is 0 Å². The average molecular weight is 337 g/mol. The Morgan fingerprint density at radius 2 is 2.13 bits per heavy atom. The van der Waals surface area contributed by atoms with E-state index in [9.17, 15) is 8.42 Å². The van der Waals surface area contributed by atoms with Gasteiger partial charge in [0.25, 0.3) is 0 Å². The summed E-state index contributed by atoms with van der Waals surface area (Å²) in [6.07, 6.45) is 2.84. The first-order chi connectivity index (χ1) is 11.0. The van der Waals surface area contributed by atoms with E-state index >= 15 is 0 Å². The number of sulfonamides is 1. The summed E-state index contributed by atoms with van der Waals surface area (Å²) in [6.45, 7) is 0.926. The van der Waals surface area contributed by atoms with Gasteiger partial charge in [-0.2, -0.15) is 4.98 Å². The fourth-order valence-electron chi connectivity index (χ4n) is 2.79. The zero-order chi connectivity index (χ0) is 16.4. The van der Waals surface area contributed by atoms with Gasteiger partial charge in [0.05, 0.1) is 24.8 Å². The summed E-state index contributed by atoms with van der Waals surface area (Å²) in [5.41, 5.74) is 0.751. The van der Waals surface area contributed by atoms with E-state index in [0.29, 0.717) is 30.6 Å². The van der Waals surface area contributed by atoms with Gasteiger partial charge in [-0.1, -0.05) is 17.3 Å². The summed E-state index contributed by atoms with van der Waals surface area (Å²) in [6, 6.07) is 7.43. The maximum atomic E-state index is 11.7. The van der Waals surface area contributed by atoms with Crippen molar-refractivity contribution >= 4 is 10.0 Å². The zero-order valence-electron chi connectivity index (χ0n) is 13.1. The lowest BCUT2D eigenvalue weighted by molar-refractivity contribution is 0.266. The van der Waals surface area contributed by atoms with Crippen molar-refractivity contribution in [1.82, 2.24) is 14.4 Å². The quantitative estimate of drug-likeness (QED) is 0.847. The van der Waals surface area contributed by atoms with Crippen molar-refractivity contribution in [2.24, 2.45) is 0 Å². The molecule has 2 aromatic rings. The van der Waals surface area contributed by atoms with Crippen LogP contribution in [0.25, 0.3) is 11.4 Å². The van der Waals surface area contributed by atoms with E-state index in [1.165, 1.54) is 10.6 Å². The number of hydrogen-bond donors (Lipinski definition) is 0. The highest BCUT2D eigenvalue weighted by Crippen LogP contribution is 2.31. The molecular weight excluding hydrogens is 318 g/mol. The molecule has 0 unspecified atom stereocenters. The molecule has 23 heavy (non-hydrogen) atoms. The van der Waals surface area contributed by atoms with E-state index in [4.69, 9.17) is 9.26 Å². The summed E-state index contributed by atoms with van der Waals surface area (Å²) in [5, 5.41) is 4.02. The minimum atomic E-state index is -3.20. The van der Waals surface area contributed by atoms with Crippen LogP contribution in [0.2, 0.25) is 0 Å². The Labute approximate surface area is 135 Å². The predicted molar refractivity (Wildman–Crippen MR) is 84.7 cm³/mol. The van der Waals surface area contributed by atoms with Gasteiger partial charge in [-0.3, -0.25) is 0 Å². The highest BCUT2D eigenvalue weighted by Gasteiger charge is 2.30. The molecule has 124 valence electrons. The van der Waals surface area contributed by atoms with Crippen LogP contribution in [0.4, 0.5) is 0 Å².